The number of hydrogen-bond donors (Lipinski definition) is 1. The molecule has 1 amide bonds. The van der Waals surface area contributed by atoms with Gasteiger partial charge in [-0.25, -0.2) is 9.67 Å². The second-order valence-electron chi connectivity index (χ2n) is 6.79. The molecular formula is C21H15F3N4O3. The summed E-state index contributed by atoms with van der Waals surface area (Å²) in [5.74, 6) is -0.410. The van der Waals surface area contributed by atoms with Crippen LogP contribution < -0.4 is 10.7 Å². The molecule has 0 fully saturated rings. The topological polar surface area (TPSA) is 90.0 Å². The van der Waals surface area contributed by atoms with E-state index in [1.54, 1.807) is 25.1 Å². The number of nitrogens with one attached hydrogen (secondary N) is 1. The number of carbonyl (C=O) groups is 1. The molecule has 2 aromatic carbocycles. The van der Waals surface area contributed by atoms with Gasteiger partial charge < -0.3 is 9.73 Å². The first-order valence-electron chi connectivity index (χ1n) is 9.09. The van der Waals surface area contributed by atoms with E-state index in [0.29, 0.717) is 22.7 Å². The maximum Gasteiger partial charge on any atom is 0.418 e. The first kappa shape index (κ1) is 20.3. The number of oxazole rings is 1. The smallest absolute Gasteiger partial charge is 0.418 e. The van der Waals surface area contributed by atoms with E-state index in [-0.39, 0.29) is 11.4 Å². The predicted octanol–water partition coefficient (Wildman–Crippen LogP) is 4.26. The SMILES string of the molecule is Cc1nc2cc(NC(=O)c3nn(-c4ccccc4C(F)(F)F)c(C)cc3=O)ccc2o1. The largest absolute Gasteiger partial charge is 0.441 e. The molecule has 0 saturated heterocycles. The summed E-state index contributed by atoms with van der Waals surface area (Å²) in [4.78, 5) is 29.2. The maximum atomic E-state index is 13.4. The lowest BCUT2D eigenvalue weighted by Gasteiger charge is -2.16. The van der Waals surface area contributed by atoms with Gasteiger partial charge in [-0.2, -0.15) is 18.3 Å². The zero-order chi connectivity index (χ0) is 22.3. The Morgan fingerprint density at radius 2 is 1.84 bits per heavy atom. The number of aryl methyl sites for hydroxylation is 2. The van der Waals surface area contributed by atoms with Gasteiger partial charge in [-0.3, -0.25) is 9.59 Å². The molecule has 0 aliphatic rings. The number of amides is 1. The number of hydrogen-bond acceptors (Lipinski definition) is 5. The summed E-state index contributed by atoms with van der Waals surface area (Å²) in [5.41, 5.74) is -0.979. The van der Waals surface area contributed by atoms with Crippen molar-refractivity contribution in [1.82, 2.24) is 14.8 Å². The normalized spacial score (nSPS) is 11.6. The molecule has 0 radical (unpaired) electrons. The summed E-state index contributed by atoms with van der Waals surface area (Å²) in [7, 11) is 0. The van der Waals surface area contributed by atoms with Crippen molar-refractivity contribution in [3.05, 3.63) is 81.6 Å². The fourth-order valence-corrected chi connectivity index (χ4v) is 3.16. The van der Waals surface area contributed by atoms with E-state index in [2.05, 4.69) is 15.4 Å². The summed E-state index contributed by atoms with van der Waals surface area (Å²) in [6.45, 7) is 3.11. The lowest BCUT2D eigenvalue weighted by Crippen LogP contribution is -2.27. The molecule has 0 unspecified atom stereocenters. The van der Waals surface area contributed by atoms with Crippen LogP contribution in [0.15, 0.2) is 57.7 Å². The van der Waals surface area contributed by atoms with Crippen LogP contribution in [-0.2, 0) is 6.18 Å². The number of anilines is 1. The van der Waals surface area contributed by atoms with Gasteiger partial charge in [-0.15, -0.1) is 0 Å². The molecule has 0 spiro atoms. The summed E-state index contributed by atoms with van der Waals surface area (Å²) < 4.78 is 46.6. The minimum Gasteiger partial charge on any atom is -0.441 e. The van der Waals surface area contributed by atoms with Crippen LogP contribution >= 0.6 is 0 Å². The van der Waals surface area contributed by atoms with Crippen molar-refractivity contribution in [2.45, 2.75) is 20.0 Å². The van der Waals surface area contributed by atoms with E-state index in [4.69, 9.17) is 4.42 Å². The molecular weight excluding hydrogens is 413 g/mol. The molecule has 31 heavy (non-hydrogen) atoms. The van der Waals surface area contributed by atoms with Gasteiger partial charge in [-0.1, -0.05) is 12.1 Å². The van der Waals surface area contributed by atoms with Gasteiger partial charge >= 0.3 is 6.18 Å². The van der Waals surface area contributed by atoms with Gasteiger partial charge in [0.05, 0.1) is 11.3 Å². The molecule has 4 aromatic rings. The average molecular weight is 428 g/mol. The van der Waals surface area contributed by atoms with Crippen LogP contribution in [0.2, 0.25) is 0 Å². The zero-order valence-corrected chi connectivity index (χ0v) is 16.3. The summed E-state index contributed by atoms with van der Waals surface area (Å²) in [6.07, 6.45) is -4.64. The fourth-order valence-electron chi connectivity index (χ4n) is 3.16. The summed E-state index contributed by atoms with van der Waals surface area (Å²) in [6, 6.07) is 10.6. The fraction of sp³-hybridized carbons (Fsp3) is 0.143. The van der Waals surface area contributed by atoms with E-state index in [1.807, 2.05) is 0 Å². The molecule has 1 N–H and O–H groups in total. The number of alkyl halides is 3. The Morgan fingerprint density at radius 3 is 2.58 bits per heavy atom. The van der Waals surface area contributed by atoms with Crippen LogP contribution in [0.25, 0.3) is 16.8 Å². The molecule has 0 bridgehead atoms. The molecule has 0 aliphatic heterocycles. The van der Waals surface area contributed by atoms with Crippen molar-refractivity contribution >= 4 is 22.7 Å². The van der Waals surface area contributed by atoms with Crippen molar-refractivity contribution in [3.8, 4) is 5.69 Å². The first-order chi connectivity index (χ1) is 14.6. The Morgan fingerprint density at radius 1 is 1.10 bits per heavy atom. The molecule has 0 atom stereocenters. The van der Waals surface area contributed by atoms with E-state index in [9.17, 15) is 22.8 Å². The van der Waals surface area contributed by atoms with Gasteiger partial charge in [0, 0.05) is 24.4 Å². The molecule has 4 rings (SSSR count). The molecule has 2 heterocycles. The van der Waals surface area contributed by atoms with Gasteiger partial charge in [-0.05, 0) is 37.3 Å². The molecule has 0 aliphatic carbocycles. The minimum atomic E-state index is -4.64. The van der Waals surface area contributed by atoms with Crippen LogP contribution in [0.4, 0.5) is 18.9 Å². The zero-order valence-electron chi connectivity index (χ0n) is 16.3. The van der Waals surface area contributed by atoms with Crippen LogP contribution in [0, 0.1) is 13.8 Å². The quantitative estimate of drug-likeness (QED) is 0.527. The van der Waals surface area contributed by atoms with E-state index in [1.165, 1.54) is 25.1 Å². The van der Waals surface area contributed by atoms with Crippen LogP contribution in [-0.4, -0.2) is 20.7 Å². The van der Waals surface area contributed by atoms with Crippen molar-refractivity contribution in [1.29, 1.82) is 0 Å². The Hall–Kier alpha value is -3.95. The van der Waals surface area contributed by atoms with Crippen molar-refractivity contribution in [2.75, 3.05) is 5.32 Å². The second kappa shape index (κ2) is 7.38. The number of rotatable bonds is 3. The monoisotopic (exact) mass is 428 g/mol. The molecule has 0 saturated carbocycles. The number of carbonyl (C=O) groups excluding carboxylic acids is 1. The molecule has 2 aromatic heterocycles. The van der Waals surface area contributed by atoms with E-state index < -0.39 is 28.8 Å². The Kier molecular flexibility index (Phi) is 4.84. The standard InChI is InChI=1S/C21H15F3N4O3/c1-11-9-17(29)19(27-28(11)16-6-4-3-5-14(16)21(22,23)24)20(30)26-13-7-8-18-15(10-13)25-12(2)31-18/h3-10H,1-2H3,(H,26,30). The number of fused-ring (bicyclic) bond motifs is 1. The van der Waals surface area contributed by atoms with E-state index in [0.717, 1.165) is 16.8 Å². The molecule has 158 valence electrons. The molecule has 7 nitrogen and oxygen atoms in total. The van der Waals surface area contributed by atoms with E-state index >= 15 is 0 Å². The number of halogens is 3. The highest BCUT2D eigenvalue weighted by Crippen LogP contribution is 2.33. The number of benzene rings is 2. The van der Waals surface area contributed by atoms with Crippen LogP contribution in [0.5, 0.6) is 0 Å². The number of para-hydroxylation sites is 1. The second-order valence-corrected chi connectivity index (χ2v) is 6.79. The highest BCUT2D eigenvalue weighted by molar-refractivity contribution is 6.03. The van der Waals surface area contributed by atoms with Gasteiger partial charge in [0.25, 0.3) is 5.91 Å². The highest BCUT2D eigenvalue weighted by Gasteiger charge is 2.34. The number of aromatic nitrogens is 3. The van der Waals surface area contributed by atoms with Crippen molar-refractivity contribution in [3.63, 3.8) is 0 Å². The van der Waals surface area contributed by atoms with Crippen LogP contribution in [0.1, 0.15) is 27.6 Å². The lowest BCUT2D eigenvalue weighted by molar-refractivity contribution is -0.137. The van der Waals surface area contributed by atoms with Gasteiger partial charge in [0.2, 0.25) is 5.43 Å². The maximum absolute atomic E-state index is 13.4. The average Bonchev–Trinajstić information content (AvgIpc) is 3.06. The molecule has 10 heteroatoms. The summed E-state index contributed by atoms with van der Waals surface area (Å²) >= 11 is 0. The minimum absolute atomic E-state index is 0.151. The van der Waals surface area contributed by atoms with Gasteiger partial charge in [0.15, 0.2) is 17.2 Å². The lowest BCUT2D eigenvalue weighted by atomic mass is 10.1. The highest BCUT2D eigenvalue weighted by atomic mass is 19.4. The first-order valence-corrected chi connectivity index (χ1v) is 9.09. The van der Waals surface area contributed by atoms with Crippen molar-refractivity contribution < 1.29 is 22.4 Å². The Labute approximate surface area is 173 Å². The predicted molar refractivity (Wildman–Crippen MR) is 106 cm³/mol. The third-order valence-corrected chi connectivity index (χ3v) is 4.51. The third kappa shape index (κ3) is 3.91. The van der Waals surface area contributed by atoms with Crippen molar-refractivity contribution in [2.24, 2.45) is 0 Å². The summed E-state index contributed by atoms with van der Waals surface area (Å²) in [5, 5.41) is 6.46. The Bertz CT molecular complexity index is 1370. The Balaban J connectivity index is 1.74. The van der Waals surface area contributed by atoms with Gasteiger partial charge in [0.1, 0.15) is 5.52 Å². The van der Waals surface area contributed by atoms with Crippen LogP contribution in [0.3, 0.4) is 0 Å². The third-order valence-electron chi connectivity index (χ3n) is 4.51. The number of nitrogens with zero attached hydrogens (tertiary/aromatic N) is 3.